The second-order valence-corrected chi connectivity index (χ2v) is 3.46. The first kappa shape index (κ1) is 11.9. The summed E-state index contributed by atoms with van der Waals surface area (Å²) in [5.41, 5.74) is 0.114. The van der Waals surface area contributed by atoms with Crippen LogP contribution in [0.5, 0.6) is 0 Å². The van der Waals surface area contributed by atoms with Gasteiger partial charge in [0.15, 0.2) is 0 Å². The summed E-state index contributed by atoms with van der Waals surface area (Å²) >= 11 is 5.67. The van der Waals surface area contributed by atoms with Crippen molar-refractivity contribution in [2.45, 2.75) is 6.42 Å². The molecular formula is C10H12ClFN2O. The van der Waals surface area contributed by atoms with Gasteiger partial charge in [0.1, 0.15) is 5.82 Å². The zero-order valence-corrected chi connectivity index (χ0v) is 9.07. The summed E-state index contributed by atoms with van der Waals surface area (Å²) in [7, 11) is 1.74. The van der Waals surface area contributed by atoms with Crippen LogP contribution in [0.1, 0.15) is 6.42 Å². The van der Waals surface area contributed by atoms with Crippen LogP contribution in [-0.4, -0.2) is 19.5 Å². The molecule has 2 N–H and O–H groups in total. The molecule has 0 spiro atoms. The minimum absolute atomic E-state index is 0.114. The van der Waals surface area contributed by atoms with Gasteiger partial charge in [-0.25, -0.2) is 4.39 Å². The number of hydrogen-bond donors (Lipinski definition) is 2. The highest BCUT2D eigenvalue weighted by Crippen LogP contribution is 2.19. The van der Waals surface area contributed by atoms with E-state index in [1.807, 2.05) is 0 Å². The lowest BCUT2D eigenvalue weighted by molar-refractivity contribution is -0.116. The summed E-state index contributed by atoms with van der Waals surface area (Å²) < 4.78 is 13.2. The van der Waals surface area contributed by atoms with Crippen molar-refractivity contribution in [2.24, 2.45) is 0 Å². The fourth-order valence-electron chi connectivity index (χ4n) is 1.04. The lowest BCUT2D eigenvalue weighted by Crippen LogP contribution is -2.19. The fourth-order valence-corrected chi connectivity index (χ4v) is 1.22. The van der Waals surface area contributed by atoms with Gasteiger partial charge in [0.25, 0.3) is 0 Å². The Morgan fingerprint density at radius 1 is 1.53 bits per heavy atom. The second kappa shape index (κ2) is 5.68. The highest BCUT2D eigenvalue weighted by atomic mass is 35.5. The van der Waals surface area contributed by atoms with E-state index >= 15 is 0 Å². The Kier molecular flexibility index (Phi) is 4.52. The van der Waals surface area contributed by atoms with E-state index < -0.39 is 5.82 Å². The van der Waals surface area contributed by atoms with E-state index in [0.717, 1.165) is 0 Å². The molecule has 0 aliphatic rings. The Balaban J connectivity index is 2.63. The van der Waals surface area contributed by atoms with Gasteiger partial charge in [0.05, 0.1) is 5.69 Å². The van der Waals surface area contributed by atoms with Crippen LogP contribution in [0, 0.1) is 5.82 Å². The molecule has 0 fully saturated rings. The number of nitrogens with one attached hydrogen (secondary N) is 2. The summed E-state index contributed by atoms with van der Waals surface area (Å²) in [4.78, 5) is 11.3. The summed E-state index contributed by atoms with van der Waals surface area (Å²) in [6.07, 6.45) is 0.294. The first-order valence-corrected chi connectivity index (χ1v) is 4.91. The number of halogens is 2. The quantitative estimate of drug-likeness (QED) is 0.831. The number of hydrogen-bond acceptors (Lipinski definition) is 2. The predicted octanol–water partition coefficient (Wildman–Crippen LogP) is 2.03. The zero-order valence-electron chi connectivity index (χ0n) is 8.31. The molecule has 3 nitrogen and oxygen atoms in total. The van der Waals surface area contributed by atoms with Crippen LogP contribution in [0.3, 0.4) is 0 Å². The van der Waals surface area contributed by atoms with Crippen molar-refractivity contribution in [3.63, 3.8) is 0 Å². The molecule has 0 aromatic heterocycles. The number of carbonyl (C=O) groups is 1. The molecule has 0 saturated carbocycles. The first-order chi connectivity index (χ1) is 7.13. The van der Waals surface area contributed by atoms with Crippen LogP contribution >= 0.6 is 11.6 Å². The van der Waals surface area contributed by atoms with Gasteiger partial charge in [-0.2, -0.15) is 0 Å². The van der Waals surface area contributed by atoms with Crippen LogP contribution in [0.4, 0.5) is 10.1 Å². The maximum Gasteiger partial charge on any atom is 0.225 e. The minimum Gasteiger partial charge on any atom is -0.324 e. The smallest absolute Gasteiger partial charge is 0.225 e. The Morgan fingerprint density at radius 3 is 2.93 bits per heavy atom. The molecule has 0 atom stereocenters. The summed E-state index contributed by atoms with van der Waals surface area (Å²) in [5.74, 6) is -0.734. The maximum absolute atomic E-state index is 13.2. The lowest BCUT2D eigenvalue weighted by atomic mass is 10.3. The molecule has 1 aromatic carbocycles. The molecule has 15 heavy (non-hydrogen) atoms. The third-order valence-electron chi connectivity index (χ3n) is 1.80. The highest BCUT2D eigenvalue weighted by Gasteiger charge is 2.06. The molecule has 1 aromatic rings. The highest BCUT2D eigenvalue weighted by molar-refractivity contribution is 6.30. The molecule has 0 radical (unpaired) electrons. The molecule has 1 rings (SSSR count). The van der Waals surface area contributed by atoms with Gasteiger partial charge in [-0.15, -0.1) is 0 Å². The van der Waals surface area contributed by atoms with Gasteiger partial charge in [-0.3, -0.25) is 4.79 Å². The van der Waals surface area contributed by atoms with E-state index in [0.29, 0.717) is 18.0 Å². The summed E-state index contributed by atoms with van der Waals surface area (Å²) in [6, 6.07) is 4.03. The molecule has 82 valence electrons. The van der Waals surface area contributed by atoms with Crippen molar-refractivity contribution in [1.82, 2.24) is 5.32 Å². The van der Waals surface area contributed by atoms with Gasteiger partial charge in [-0.05, 0) is 25.2 Å². The third-order valence-corrected chi connectivity index (χ3v) is 2.04. The monoisotopic (exact) mass is 230 g/mol. The number of amides is 1. The van der Waals surface area contributed by atoms with Crippen molar-refractivity contribution in [3.8, 4) is 0 Å². The minimum atomic E-state index is -0.489. The number of carbonyl (C=O) groups excluding carboxylic acids is 1. The topological polar surface area (TPSA) is 41.1 Å². The average Bonchev–Trinajstić information content (AvgIpc) is 2.20. The second-order valence-electron chi connectivity index (χ2n) is 3.03. The normalized spacial score (nSPS) is 10.1. The van der Waals surface area contributed by atoms with Crippen LogP contribution in [0.15, 0.2) is 18.2 Å². The summed E-state index contributed by atoms with van der Waals surface area (Å²) in [5, 5.41) is 5.67. The van der Waals surface area contributed by atoms with Crippen molar-refractivity contribution in [3.05, 3.63) is 29.0 Å². The number of anilines is 1. The van der Waals surface area contributed by atoms with Crippen molar-refractivity contribution in [1.29, 1.82) is 0 Å². The van der Waals surface area contributed by atoms with Gasteiger partial charge in [0.2, 0.25) is 5.91 Å². The van der Waals surface area contributed by atoms with E-state index in [1.54, 1.807) is 7.05 Å². The number of benzene rings is 1. The Hall–Kier alpha value is -1.13. The Bertz CT molecular complexity index is 357. The van der Waals surface area contributed by atoms with Crippen molar-refractivity contribution in [2.75, 3.05) is 18.9 Å². The van der Waals surface area contributed by atoms with Crippen LogP contribution in [0.25, 0.3) is 0 Å². The zero-order chi connectivity index (χ0) is 11.3. The van der Waals surface area contributed by atoms with Crippen LogP contribution in [0.2, 0.25) is 5.02 Å². The van der Waals surface area contributed by atoms with Crippen LogP contribution in [-0.2, 0) is 4.79 Å². The molecule has 0 aliphatic heterocycles. The SMILES string of the molecule is CNCCC(=O)Nc1cc(Cl)ccc1F. The van der Waals surface area contributed by atoms with Gasteiger partial charge >= 0.3 is 0 Å². The van der Waals surface area contributed by atoms with E-state index in [1.165, 1.54) is 18.2 Å². The standard InChI is InChI=1S/C10H12ClFN2O/c1-13-5-4-10(15)14-9-6-7(11)2-3-8(9)12/h2-3,6,13H,4-5H2,1H3,(H,14,15). The third kappa shape index (κ3) is 3.85. The van der Waals surface area contributed by atoms with Gasteiger partial charge in [0, 0.05) is 18.0 Å². The predicted molar refractivity (Wildman–Crippen MR) is 58.6 cm³/mol. The molecule has 5 heteroatoms. The molecule has 1 amide bonds. The maximum atomic E-state index is 13.2. The van der Waals surface area contributed by atoms with Crippen molar-refractivity contribution < 1.29 is 9.18 Å². The summed E-state index contributed by atoms with van der Waals surface area (Å²) in [6.45, 7) is 0.550. The molecule has 0 unspecified atom stereocenters. The van der Waals surface area contributed by atoms with Crippen molar-refractivity contribution >= 4 is 23.2 Å². The largest absolute Gasteiger partial charge is 0.324 e. The van der Waals surface area contributed by atoms with Gasteiger partial charge < -0.3 is 10.6 Å². The van der Waals surface area contributed by atoms with Gasteiger partial charge in [-0.1, -0.05) is 11.6 Å². The Morgan fingerprint density at radius 2 is 2.27 bits per heavy atom. The number of rotatable bonds is 4. The Labute approximate surface area is 92.6 Å². The van der Waals surface area contributed by atoms with E-state index in [-0.39, 0.29) is 11.6 Å². The lowest BCUT2D eigenvalue weighted by Gasteiger charge is -2.06. The van der Waals surface area contributed by atoms with E-state index in [9.17, 15) is 9.18 Å². The molecule has 0 saturated heterocycles. The molecule has 0 bridgehead atoms. The fraction of sp³-hybridized carbons (Fsp3) is 0.300. The molecular weight excluding hydrogens is 219 g/mol. The van der Waals surface area contributed by atoms with E-state index in [4.69, 9.17) is 11.6 Å². The average molecular weight is 231 g/mol. The van der Waals surface area contributed by atoms with Crippen LogP contribution < -0.4 is 10.6 Å². The molecule has 0 aliphatic carbocycles. The van der Waals surface area contributed by atoms with E-state index in [2.05, 4.69) is 10.6 Å². The molecule has 0 heterocycles. The first-order valence-electron chi connectivity index (χ1n) is 4.53.